The van der Waals surface area contributed by atoms with Crippen LogP contribution in [0.4, 0.5) is 0 Å². The van der Waals surface area contributed by atoms with Crippen LogP contribution in [0.25, 0.3) is 0 Å². The standard InChI is InChI=1S/C24H30ClN3O2/c1-16(2)15-30-19-10-8-18(9-11-19)22-5-4-6-23(28-24(27-22)29-3)20-13-17(14-26)7-12-21(20)25/h6-11,13,16,21H,4-5,12,14-15,26H2,1-3H3/b23-6+,27-22?,28-24?. The highest BCUT2D eigenvalue weighted by Gasteiger charge is 2.20. The first-order valence-corrected chi connectivity index (χ1v) is 10.8. The fraction of sp³-hybridized carbons (Fsp3) is 0.417. The van der Waals surface area contributed by atoms with Crippen LogP contribution in [0.3, 0.4) is 0 Å². The molecule has 0 amide bonds. The van der Waals surface area contributed by atoms with Crippen LogP contribution in [0, 0.1) is 5.92 Å². The van der Waals surface area contributed by atoms with E-state index in [1.165, 1.54) is 0 Å². The Labute approximate surface area is 184 Å². The molecule has 0 saturated heterocycles. The van der Waals surface area contributed by atoms with Crippen molar-refractivity contribution in [1.82, 2.24) is 0 Å². The van der Waals surface area contributed by atoms with E-state index in [1.807, 2.05) is 30.3 Å². The maximum absolute atomic E-state index is 6.56. The fourth-order valence-electron chi connectivity index (χ4n) is 3.29. The summed E-state index contributed by atoms with van der Waals surface area (Å²) in [5.41, 5.74) is 10.6. The van der Waals surface area contributed by atoms with E-state index >= 15 is 0 Å². The van der Waals surface area contributed by atoms with Gasteiger partial charge in [0.25, 0.3) is 0 Å². The number of aliphatic imine (C=N–C) groups is 2. The summed E-state index contributed by atoms with van der Waals surface area (Å²) >= 11 is 6.56. The second-order valence-electron chi connectivity index (χ2n) is 7.80. The summed E-state index contributed by atoms with van der Waals surface area (Å²) in [6, 6.07) is 8.35. The Hall–Kier alpha value is -2.37. The lowest BCUT2D eigenvalue weighted by Gasteiger charge is -2.20. The van der Waals surface area contributed by atoms with Gasteiger partial charge in [0, 0.05) is 6.54 Å². The minimum Gasteiger partial charge on any atom is -0.493 e. The molecule has 1 atom stereocenters. The molecule has 0 bridgehead atoms. The van der Waals surface area contributed by atoms with Crippen molar-refractivity contribution in [3.8, 4) is 5.75 Å². The van der Waals surface area contributed by atoms with Crippen molar-refractivity contribution < 1.29 is 9.47 Å². The lowest BCUT2D eigenvalue weighted by molar-refractivity contribution is 0.271. The maximum atomic E-state index is 6.56. The number of alkyl halides is 1. The largest absolute Gasteiger partial charge is 0.493 e. The van der Waals surface area contributed by atoms with Crippen molar-refractivity contribution in [2.75, 3.05) is 20.3 Å². The summed E-state index contributed by atoms with van der Waals surface area (Å²) in [5, 5.41) is -0.130. The van der Waals surface area contributed by atoms with Gasteiger partial charge in [0.05, 0.1) is 30.5 Å². The Morgan fingerprint density at radius 2 is 1.93 bits per heavy atom. The first-order chi connectivity index (χ1) is 14.5. The van der Waals surface area contributed by atoms with Crippen molar-refractivity contribution in [3.05, 3.63) is 64.9 Å². The molecule has 160 valence electrons. The van der Waals surface area contributed by atoms with Crippen molar-refractivity contribution in [3.63, 3.8) is 0 Å². The van der Waals surface area contributed by atoms with Crippen LogP contribution in [-0.4, -0.2) is 37.4 Å². The van der Waals surface area contributed by atoms with Gasteiger partial charge in [0.15, 0.2) is 0 Å². The average molecular weight is 428 g/mol. The van der Waals surface area contributed by atoms with Crippen molar-refractivity contribution in [1.29, 1.82) is 0 Å². The number of nitrogens with two attached hydrogens (primary N) is 1. The molecule has 2 N–H and O–H groups in total. The zero-order valence-corrected chi connectivity index (χ0v) is 18.7. The summed E-state index contributed by atoms with van der Waals surface area (Å²) in [5.74, 6) is 1.35. The Bertz CT molecular complexity index is 896. The van der Waals surface area contributed by atoms with Crippen LogP contribution >= 0.6 is 11.6 Å². The summed E-state index contributed by atoms with van der Waals surface area (Å²) < 4.78 is 11.2. The van der Waals surface area contributed by atoms with E-state index < -0.39 is 0 Å². The molecule has 0 spiro atoms. The number of benzene rings is 1. The smallest absolute Gasteiger partial charge is 0.316 e. The molecular weight excluding hydrogens is 398 g/mol. The normalized spacial score (nSPS) is 21.4. The third-order valence-electron chi connectivity index (χ3n) is 4.92. The van der Waals surface area contributed by atoms with E-state index in [1.54, 1.807) is 7.11 Å². The lowest BCUT2D eigenvalue weighted by Crippen LogP contribution is -2.15. The minimum absolute atomic E-state index is 0.130. The maximum Gasteiger partial charge on any atom is 0.316 e. The average Bonchev–Trinajstić information content (AvgIpc) is 2.73. The summed E-state index contributed by atoms with van der Waals surface area (Å²) in [4.78, 5) is 9.35. The van der Waals surface area contributed by atoms with E-state index in [-0.39, 0.29) is 5.38 Å². The molecule has 6 heteroatoms. The lowest BCUT2D eigenvalue weighted by atomic mass is 9.95. The Kier molecular flexibility index (Phi) is 7.88. The van der Waals surface area contributed by atoms with E-state index in [4.69, 9.17) is 31.8 Å². The monoisotopic (exact) mass is 427 g/mol. The Balaban J connectivity index is 1.83. The molecule has 1 aliphatic heterocycles. The molecule has 30 heavy (non-hydrogen) atoms. The molecule has 1 aromatic carbocycles. The molecular formula is C24H30ClN3O2. The van der Waals surface area contributed by atoms with E-state index in [0.29, 0.717) is 25.1 Å². The highest BCUT2D eigenvalue weighted by Crippen LogP contribution is 2.30. The van der Waals surface area contributed by atoms with Crippen LogP contribution < -0.4 is 10.5 Å². The minimum atomic E-state index is -0.130. The van der Waals surface area contributed by atoms with Crippen LogP contribution in [0.15, 0.2) is 69.3 Å². The molecule has 1 aliphatic carbocycles. The number of allylic oxidation sites excluding steroid dienone is 3. The number of hydrogen-bond acceptors (Lipinski definition) is 5. The molecule has 1 aromatic rings. The van der Waals surface area contributed by atoms with Crippen molar-refractivity contribution in [2.24, 2.45) is 21.6 Å². The molecule has 0 aromatic heterocycles. The first kappa shape index (κ1) is 22.3. The number of amidine groups is 1. The predicted molar refractivity (Wildman–Crippen MR) is 125 cm³/mol. The quantitative estimate of drug-likeness (QED) is 0.648. The molecule has 0 radical (unpaired) electrons. The number of methoxy groups -OCH3 is 1. The van der Waals surface area contributed by atoms with Crippen molar-refractivity contribution in [2.45, 2.75) is 38.5 Å². The molecule has 5 nitrogen and oxygen atoms in total. The van der Waals surface area contributed by atoms with Crippen LogP contribution in [-0.2, 0) is 4.74 Å². The van der Waals surface area contributed by atoms with Gasteiger partial charge in [0.1, 0.15) is 5.75 Å². The third-order valence-corrected chi connectivity index (χ3v) is 5.33. The zero-order valence-electron chi connectivity index (χ0n) is 17.9. The van der Waals surface area contributed by atoms with Crippen LogP contribution in [0.1, 0.15) is 38.7 Å². The fourth-order valence-corrected chi connectivity index (χ4v) is 3.55. The Morgan fingerprint density at radius 1 is 1.17 bits per heavy atom. The van der Waals surface area contributed by atoms with Gasteiger partial charge >= 0.3 is 6.02 Å². The SMILES string of the molecule is COC1=N/C(C2=CC(CN)=CCC2Cl)=C/CCC(c2ccc(OCC(C)C)cc2)=N1. The molecule has 0 saturated carbocycles. The first-order valence-electron chi connectivity index (χ1n) is 10.4. The van der Waals surface area contributed by atoms with Gasteiger partial charge in [-0.05, 0) is 66.2 Å². The summed E-state index contributed by atoms with van der Waals surface area (Å²) in [6.07, 6.45) is 8.55. The van der Waals surface area contributed by atoms with Crippen molar-refractivity contribution >= 4 is 23.3 Å². The van der Waals surface area contributed by atoms with Gasteiger partial charge in [-0.15, -0.1) is 11.6 Å². The van der Waals surface area contributed by atoms with Crippen LogP contribution in [0.5, 0.6) is 5.75 Å². The van der Waals surface area contributed by atoms with Gasteiger partial charge in [-0.1, -0.05) is 32.1 Å². The van der Waals surface area contributed by atoms with E-state index in [0.717, 1.165) is 53.1 Å². The molecule has 3 rings (SSSR count). The molecule has 2 aliphatic rings. The van der Waals surface area contributed by atoms with Gasteiger partial charge in [-0.25, -0.2) is 0 Å². The molecule has 0 fully saturated rings. The third kappa shape index (κ3) is 5.83. The number of nitrogens with zero attached hydrogens (tertiary/aromatic N) is 2. The Morgan fingerprint density at radius 3 is 2.60 bits per heavy atom. The van der Waals surface area contributed by atoms with Crippen LogP contribution in [0.2, 0.25) is 0 Å². The predicted octanol–water partition coefficient (Wildman–Crippen LogP) is 5.01. The van der Waals surface area contributed by atoms with Gasteiger partial charge in [-0.2, -0.15) is 9.98 Å². The molecule has 1 unspecified atom stereocenters. The number of hydrogen-bond donors (Lipinski definition) is 1. The molecule has 1 heterocycles. The summed E-state index contributed by atoms with van der Waals surface area (Å²) in [7, 11) is 1.58. The second kappa shape index (κ2) is 10.6. The number of halogens is 1. The topological polar surface area (TPSA) is 69.2 Å². The van der Waals surface area contributed by atoms with Gasteiger partial charge < -0.3 is 15.2 Å². The van der Waals surface area contributed by atoms with Gasteiger partial charge in [-0.3, -0.25) is 0 Å². The number of ether oxygens (including phenoxy) is 2. The summed E-state index contributed by atoms with van der Waals surface area (Å²) in [6.45, 7) is 5.45. The van der Waals surface area contributed by atoms with E-state index in [9.17, 15) is 0 Å². The number of rotatable bonds is 6. The second-order valence-corrected chi connectivity index (χ2v) is 8.33. The van der Waals surface area contributed by atoms with Gasteiger partial charge in [0.2, 0.25) is 0 Å². The highest BCUT2D eigenvalue weighted by molar-refractivity contribution is 6.23. The zero-order chi connectivity index (χ0) is 21.5. The highest BCUT2D eigenvalue weighted by atomic mass is 35.5. The van der Waals surface area contributed by atoms with E-state index in [2.05, 4.69) is 31.0 Å².